The molecule has 0 spiro atoms. The summed E-state index contributed by atoms with van der Waals surface area (Å²) in [6.07, 6.45) is 0.716. The Morgan fingerprint density at radius 3 is 2.70 bits per heavy atom. The number of aliphatic hydroxyl groups is 1. The second kappa shape index (κ2) is 7.86. The molecule has 0 aliphatic carbocycles. The predicted octanol–water partition coefficient (Wildman–Crippen LogP) is 1.16. The van der Waals surface area contributed by atoms with Crippen LogP contribution >= 0.6 is 11.3 Å². The van der Waals surface area contributed by atoms with Gasteiger partial charge in [-0.25, -0.2) is 9.59 Å². The maximum atomic E-state index is 12.0. The summed E-state index contributed by atoms with van der Waals surface area (Å²) in [5, 5.41) is 22.1. The topological polar surface area (TPSA) is 89.9 Å². The van der Waals surface area contributed by atoms with E-state index < -0.39 is 18.0 Å². The van der Waals surface area contributed by atoms with Crippen molar-refractivity contribution >= 4 is 23.3 Å². The number of carbonyl (C=O) groups is 2. The highest BCUT2D eigenvalue weighted by atomic mass is 32.1. The van der Waals surface area contributed by atoms with Crippen molar-refractivity contribution in [2.75, 3.05) is 13.7 Å². The van der Waals surface area contributed by atoms with Gasteiger partial charge in [0.15, 0.2) is 0 Å². The van der Waals surface area contributed by atoms with Crippen molar-refractivity contribution in [3.63, 3.8) is 0 Å². The number of thiophene rings is 1. The van der Waals surface area contributed by atoms with Crippen molar-refractivity contribution in [3.8, 4) is 0 Å². The summed E-state index contributed by atoms with van der Waals surface area (Å²) in [7, 11) is 1.63. The first kappa shape index (κ1) is 16.5. The van der Waals surface area contributed by atoms with Crippen molar-refractivity contribution < 1.29 is 19.8 Å². The Kier molecular flexibility index (Phi) is 6.47. The molecular weight excluding hydrogens is 280 g/mol. The van der Waals surface area contributed by atoms with Gasteiger partial charge in [-0.05, 0) is 18.4 Å². The van der Waals surface area contributed by atoms with Crippen molar-refractivity contribution in [1.82, 2.24) is 10.2 Å². The highest BCUT2D eigenvalue weighted by Gasteiger charge is 2.23. The second-order valence-electron chi connectivity index (χ2n) is 4.60. The summed E-state index contributed by atoms with van der Waals surface area (Å²) in [6.45, 7) is 1.62. The van der Waals surface area contributed by atoms with E-state index in [0.29, 0.717) is 0 Å². The molecule has 1 aromatic rings. The lowest BCUT2D eigenvalue weighted by Gasteiger charge is -2.26. The summed E-state index contributed by atoms with van der Waals surface area (Å²) in [4.78, 5) is 25.6. The minimum Gasteiger partial charge on any atom is -0.480 e. The molecule has 20 heavy (non-hydrogen) atoms. The van der Waals surface area contributed by atoms with E-state index in [9.17, 15) is 9.59 Å². The third-order valence-electron chi connectivity index (χ3n) is 3.07. The first-order valence-corrected chi connectivity index (χ1v) is 7.23. The van der Waals surface area contributed by atoms with Crippen LogP contribution in [0.3, 0.4) is 0 Å². The number of urea groups is 1. The van der Waals surface area contributed by atoms with Crippen LogP contribution in [0.15, 0.2) is 17.5 Å². The number of hydrogen-bond acceptors (Lipinski definition) is 4. The zero-order valence-electron chi connectivity index (χ0n) is 11.6. The number of rotatable bonds is 7. The first-order chi connectivity index (χ1) is 9.45. The molecule has 1 unspecified atom stereocenters. The van der Waals surface area contributed by atoms with Crippen LogP contribution in [0.1, 0.15) is 18.2 Å². The molecule has 0 bridgehead atoms. The molecular formula is C13H20N2O4S. The van der Waals surface area contributed by atoms with Crippen molar-refractivity contribution in [3.05, 3.63) is 22.4 Å². The lowest BCUT2D eigenvalue weighted by Crippen LogP contribution is -2.49. The van der Waals surface area contributed by atoms with Gasteiger partial charge in [-0.1, -0.05) is 6.07 Å². The number of nitrogens with one attached hydrogen (secondary N) is 1. The van der Waals surface area contributed by atoms with Gasteiger partial charge in [-0.3, -0.25) is 0 Å². The molecule has 0 aliphatic rings. The van der Waals surface area contributed by atoms with E-state index in [-0.39, 0.29) is 19.1 Å². The minimum absolute atomic E-state index is 0.00574. The SMILES string of the molecule is CC(Cc1cccs1)N(C)C(=O)N[C@@H](CCO)C(=O)O. The third-order valence-corrected chi connectivity index (χ3v) is 3.97. The molecule has 0 fully saturated rings. The molecule has 0 saturated carbocycles. The molecule has 3 N–H and O–H groups in total. The number of aliphatic hydroxyl groups excluding tert-OH is 1. The number of nitrogens with zero attached hydrogens (tertiary/aromatic N) is 1. The molecule has 6 nitrogen and oxygen atoms in total. The van der Waals surface area contributed by atoms with Gasteiger partial charge in [0.25, 0.3) is 0 Å². The Hall–Kier alpha value is -1.60. The van der Waals surface area contributed by atoms with Crippen LogP contribution in [0.2, 0.25) is 0 Å². The molecule has 2 atom stereocenters. The average Bonchev–Trinajstić information content (AvgIpc) is 2.89. The highest BCUT2D eigenvalue weighted by molar-refractivity contribution is 7.09. The van der Waals surface area contributed by atoms with Crippen molar-refractivity contribution in [1.29, 1.82) is 0 Å². The Morgan fingerprint density at radius 1 is 1.50 bits per heavy atom. The smallest absolute Gasteiger partial charge is 0.326 e. The fourth-order valence-electron chi connectivity index (χ4n) is 1.69. The van der Waals surface area contributed by atoms with Crippen LogP contribution in [-0.4, -0.2) is 52.9 Å². The van der Waals surface area contributed by atoms with Gasteiger partial charge in [0.1, 0.15) is 6.04 Å². The largest absolute Gasteiger partial charge is 0.480 e. The summed E-state index contributed by atoms with van der Waals surface area (Å²) in [5.74, 6) is -1.15. The fraction of sp³-hybridized carbons (Fsp3) is 0.538. The summed E-state index contributed by atoms with van der Waals surface area (Å²) < 4.78 is 0. The van der Waals surface area contributed by atoms with Gasteiger partial charge in [-0.2, -0.15) is 0 Å². The molecule has 7 heteroatoms. The maximum absolute atomic E-state index is 12.0. The summed E-state index contributed by atoms with van der Waals surface area (Å²) in [6, 6.07) is 2.39. The van der Waals surface area contributed by atoms with E-state index in [1.165, 1.54) is 9.78 Å². The van der Waals surface area contributed by atoms with Gasteiger partial charge < -0.3 is 20.4 Å². The number of carboxylic acid groups (broad SMARTS) is 1. The molecule has 1 heterocycles. The van der Waals surface area contributed by atoms with E-state index >= 15 is 0 Å². The normalized spacial score (nSPS) is 13.6. The highest BCUT2D eigenvalue weighted by Crippen LogP contribution is 2.13. The monoisotopic (exact) mass is 300 g/mol. The van der Waals surface area contributed by atoms with Gasteiger partial charge in [0.05, 0.1) is 0 Å². The number of aliphatic carboxylic acids is 1. The van der Waals surface area contributed by atoms with Crippen LogP contribution in [0.4, 0.5) is 4.79 Å². The number of amides is 2. The lowest BCUT2D eigenvalue weighted by molar-refractivity contribution is -0.139. The molecule has 112 valence electrons. The Balaban J connectivity index is 2.54. The number of likely N-dealkylation sites (N-methyl/N-ethyl adjacent to an activating group) is 1. The molecule has 0 aliphatic heterocycles. The Morgan fingerprint density at radius 2 is 2.20 bits per heavy atom. The minimum atomic E-state index is -1.15. The maximum Gasteiger partial charge on any atom is 0.326 e. The molecule has 1 aromatic heterocycles. The molecule has 2 amide bonds. The third kappa shape index (κ3) is 4.82. The van der Waals surface area contributed by atoms with Crippen LogP contribution in [0.5, 0.6) is 0 Å². The van der Waals surface area contributed by atoms with E-state index in [1.54, 1.807) is 18.4 Å². The van der Waals surface area contributed by atoms with Crippen LogP contribution in [-0.2, 0) is 11.2 Å². The van der Waals surface area contributed by atoms with Gasteiger partial charge in [-0.15, -0.1) is 11.3 Å². The van der Waals surface area contributed by atoms with Crippen LogP contribution in [0, 0.1) is 0 Å². The molecule has 0 radical (unpaired) electrons. The van der Waals surface area contributed by atoms with E-state index in [4.69, 9.17) is 10.2 Å². The zero-order chi connectivity index (χ0) is 15.1. The predicted molar refractivity (Wildman–Crippen MR) is 76.9 cm³/mol. The first-order valence-electron chi connectivity index (χ1n) is 6.35. The Bertz CT molecular complexity index is 436. The fourth-order valence-corrected chi connectivity index (χ4v) is 2.52. The quantitative estimate of drug-likeness (QED) is 0.705. The van der Waals surface area contributed by atoms with Gasteiger partial charge in [0.2, 0.25) is 0 Å². The molecule has 1 rings (SSSR count). The number of hydrogen-bond donors (Lipinski definition) is 3. The summed E-state index contributed by atoms with van der Waals surface area (Å²) >= 11 is 1.62. The number of carboxylic acids is 1. The van der Waals surface area contributed by atoms with Gasteiger partial charge >= 0.3 is 12.0 Å². The van der Waals surface area contributed by atoms with Gasteiger partial charge in [0, 0.05) is 37.4 Å². The number of carbonyl (C=O) groups excluding carboxylic acids is 1. The zero-order valence-corrected chi connectivity index (χ0v) is 12.4. The lowest BCUT2D eigenvalue weighted by atomic mass is 10.2. The van der Waals surface area contributed by atoms with E-state index in [1.807, 2.05) is 24.4 Å². The average molecular weight is 300 g/mol. The van der Waals surface area contributed by atoms with Crippen molar-refractivity contribution in [2.24, 2.45) is 0 Å². The second-order valence-corrected chi connectivity index (χ2v) is 5.63. The summed E-state index contributed by atoms with van der Waals surface area (Å²) in [5.41, 5.74) is 0. The van der Waals surface area contributed by atoms with Crippen LogP contribution in [0.25, 0.3) is 0 Å². The van der Waals surface area contributed by atoms with Crippen LogP contribution < -0.4 is 5.32 Å². The molecule has 0 aromatic carbocycles. The van der Waals surface area contributed by atoms with E-state index in [2.05, 4.69) is 5.32 Å². The van der Waals surface area contributed by atoms with E-state index in [0.717, 1.165) is 6.42 Å². The van der Waals surface area contributed by atoms with Crippen molar-refractivity contribution in [2.45, 2.75) is 31.8 Å². The standard InChI is InChI=1S/C13H20N2O4S/c1-9(8-10-4-3-7-20-10)15(2)13(19)14-11(5-6-16)12(17)18/h3-4,7,9,11,16H,5-6,8H2,1-2H3,(H,14,19)(H,17,18)/t9?,11-/m0/s1. The molecule has 0 saturated heterocycles. The Labute approximate surface area is 122 Å².